The highest BCUT2D eigenvalue weighted by atomic mass is 35.5. The maximum Gasteiger partial charge on any atom is 0.261 e. The Morgan fingerprint density at radius 3 is 2.82 bits per heavy atom. The van der Waals surface area contributed by atoms with Crippen LogP contribution >= 0.6 is 11.6 Å². The third-order valence-electron chi connectivity index (χ3n) is 2.19. The summed E-state index contributed by atoms with van der Waals surface area (Å²) in [7, 11) is 0. The number of halogens is 3. The quantitative estimate of drug-likeness (QED) is 0.764. The molecule has 0 amide bonds. The average Bonchev–Trinajstić information content (AvgIpc) is 2.25. The second-order valence-electron chi connectivity index (χ2n) is 3.74. The molecule has 0 aliphatic rings. The average molecular weight is 264 g/mol. The molecule has 0 aliphatic carbocycles. The van der Waals surface area contributed by atoms with Crippen molar-refractivity contribution in [3.63, 3.8) is 0 Å². The van der Waals surface area contributed by atoms with Crippen molar-refractivity contribution in [3.8, 4) is 0 Å². The van der Waals surface area contributed by atoms with E-state index in [-0.39, 0.29) is 6.61 Å². The number of rotatable bonds is 7. The maximum absolute atomic E-state index is 11.7. The number of hydrogen-bond donors (Lipinski definition) is 1. The van der Waals surface area contributed by atoms with Crippen molar-refractivity contribution >= 4 is 11.6 Å². The molecule has 0 atom stereocenters. The third-order valence-corrected chi connectivity index (χ3v) is 2.54. The summed E-state index contributed by atoms with van der Waals surface area (Å²) in [6.07, 6.45) is -2.40. The van der Waals surface area contributed by atoms with Gasteiger partial charge < -0.3 is 10.1 Å². The Morgan fingerprint density at radius 2 is 2.18 bits per heavy atom. The minimum Gasteiger partial charge on any atom is -0.374 e. The standard InChI is InChI=1S/C12H16ClF2NO/c1-9-2-3-10(11(13)6-9)7-16-4-5-17-8-12(14)15/h2-3,6,12,16H,4-5,7-8H2,1H3. The highest BCUT2D eigenvalue weighted by Crippen LogP contribution is 2.16. The summed E-state index contributed by atoms with van der Waals surface area (Å²) in [6, 6.07) is 5.83. The fourth-order valence-electron chi connectivity index (χ4n) is 1.34. The van der Waals surface area contributed by atoms with Crippen molar-refractivity contribution in [1.82, 2.24) is 5.32 Å². The van der Waals surface area contributed by atoms with Gasteiger partial charge >= 0.3 is 0 Å². The van der Waals surface area contributed by atoms with E-state index < -0.39 is 13.0 Å². The molecule has 0 fully saturated rings. The van der Waals surface area contributed by atoms with E-state index in [1.54, 1.807) is 0 Å². The van der Waals surface area contributed by atoms with Crippen LogP contribution in [0.1, 0.15) is 11.1 Å². The summed E-state index contributed by atoms with van der Waals surface area (Å²) in [5.74, 6) is 0. The Morgan fingerprint density at radius 1 is 1.41 bits per heavy atom. The molecule has 1 rings (SSSR count). The molecule has 0 spiro atoms. The van der Waals surface area contributed by atoms with E-state index in [2.05, 4.69) is 5.32 Å². The first-order chi connectivity index (χ1) is 8.09. The van der Waals surface area contributed by atoms with Crippen LogP contribution in [0.5, 0.6) is 0 Å². The van der Waals surface area contributed by atoms with Crippen molar-refractivity contribution in [2.45, 2.75) is 19.9 Å². The molecular weight excluding hydrogens is 248 g/mol. The van der Waals surface area contributed by atoms with E-state index in [9.17, 15) is 8.78 Å². The summed E-state index contributed by atoms with van der Waals surface area (Å²) < 4.78 is 28.2. The first kappa shape index (κ1) is 14.4. The Hall–Kier alpha value is -0.710. The molecular formula is C12H16ClF2NO. The van der Waals surface area contributed by atoms with Crippen LogP contribution in [0.15, 0.2) is 18.2 Å². The smallest absolute Gasteiger partial charge is 0.261 e. The molecule has 1 aromatic rings. The van der Waals surface area contributed by atoms with Crippen molar-refractivity contribution in [2.24, 2.45) is 0 Å². The zero-order valence-corrected chi connectivity index (χ0v) is 10.4. The number of hydrogen-bond acceptors (Lipinski definition) is 2. The molecule has 5 heteroatoms. The fraction of sp³-hybridized carbons (Fsp3) is 0.500. The first-order valence-electron chi connectivity index (χ1n) is 5.41. The largest absolute Gasteiger partial charge is 0.374 e. The zero-order valence-electron chi connectivity index (χ0n) is 9.68. The Kier molecular flexibility index (Phi) is 6.40. The van der Waals surface area contributed by atoms with Crippen LogP contribution < -0.4 is 5.32 Å². The number of nitrogens with one attached hydrogen (secondary N) is 1. The van der Waals surface area contributed by atoms with E-state index in [4.69, 9.17) is 16.3 Å². The molecule has 0 aliphatic heterocycles. The molecule has 0 radical (unpaired) electrons. The number of ether oxygens (including phenoxy) is 1. The van der Waals surface area contributed by atoms with Crippen molar-refractivity contribution in [2.75, 3.05) is 19.8 Å². The number of aryl methyl sites for hydroxylation is 1. The van der Waals surface area contributed by atoms with E-state index in [1.807, 2.05) is 25.1 Å². The Balaban J connectivity index is 2.18. The number of benzene rings is 1. The molecule has 1 aromatic carbocycles. The highest BCUT2D eigenvalue weighted by Gasteiger charge is 2.02. The normalized spacial score (nSPS) is 11.1. The van der Waals surface area contributed by atoms with Gasteiger partial charge in [0.2, 0.25) is 0 Å². The first-order valence-corrected chi connectivity index (χ1v) is 5.79. The molecule has 0 aromatic heterocycles. The second-order valence-corrected chi connectivity index (χ2v) is 4.14. The van der Waals surface area contributed by atoms with Crippen LogP contribution in [-0.4, -0.2) is 26.2 Å². The van der Waals surface area contributed by atoms with Gasteiger partial charge in [0.25, 0.3) is 6.43 Å². The van der Waals surface area contributed by atoms with E-state index >= 15 is 0 Å². The van der Waals surface area contributed by atoms with Gasteiger partial charge in [-0.2, -0.15) is 0 Å². The van der Waals surface area contributed by atoms with Crippen molar-refractivity contribution in [3.05, 3.63) is 34.3 Å². The summed E-state index contributed by atoms with van der Waals surface area (Å²) >= 11 is 6.04. The SMILES string of the molecule is Cc1ccc(CNCCOCC(F)F)c(Cl)c1. The lowest BCUT2D eigenvalue weighted by Crippen LogP contribution is -2.20. The van der Waals surface area contributed by atoms with Crippen molar-refractivity contribution in [1.29, 1.82) is 0 Å². The van der Waals surface area contributed by atoms with Gasteiger partial charge in [-0.3, -0.25) is 0 Å². The molecule has 0 bridgehead atoms. The molecule has 17 heavy (non-hydrogen) atoms. The Bertz CT molecular complexity index is 347. The predicted molar refractivity (Wildman–Crippen MR) is 64.7 cm³/mol. The maximum atomic E-state index is 11.7. The van der Waals surface area contributed by atoms with E-state index in [0.29, 0.717) is 18.1 Å². The molecule has 0 heterocycles. The highest BCUT2D eigenvalue weighted by molar-refractivity contribution is 6.31. The van der Waals surface area contributed by atoms with Crippen LogP contribution in [0.4, 0.5) is 8.78 Å². The van der Waals surface area contributed by atoms with Gasteiger partial charge in [0, 0.05) is 18.1 Å². The minimum atomic E-state index is -2.40. The predicted octanol–water partition coefficient (Wildman–Crippen LogP) is 3.02. The third kappa shape index (κ3) is 5.96. The molecule has 0 saturated heterocycles. The summed E-state index contributed by atoms with van der Waals surface area (Å²) in [4.78, 5) is 0. The van der Waals surface area contributed by atoms with Crippen LogP contribution in [0.2, 0.25) is 5.02 Å². The van der Waals surface area contributed by atoms with Crippen LogP contribution in [-0.2, 0) is 11.3 Å². The lowest BCUT2D eigenvalue weighted by Gasteiger charge is -2.08. The lowest BCUT2D eigenvalue weighted by atomic mass is 10.1. The van der Waals surface area contributed by atoms with E-state index in [1.165, 1.54) is 0 Å². The minimum absolute atomic E-state index is 0.272. The number of alkyl halides is 2. The van der Waals surface area contributed by atoms with E-state index in [0.717, 1.165) is 11.1 Å². The van der Waals surface area contributed by atoms with Crippen molar-refractivity contribution < 1.29 is 13.5 Å². The summed E-state index contributed by atoms with van der Waals surface area (Å²) in [5.41, 5.74) is 2.10. The summed E-state index contributed by atoms with van der Waals surface area (Å²) in [6.45, 7) is 2.87. The second kappa shape index (κ2) is 7.58. The molecule has 0 saturated carbocycles. The molecule has 96 valence electrons. The van der Waals surface area contributed by atoms with Gasteiger partial charge in [-0.05, 0) is 24.1 Å². The molecule has 0 unspecified atom stereocenters. The van der Waals surface area contributed by atoms with Gasteiger partial charge in [-0.1, -0.05) is 23.7 Å². The van der Waals surface area contributed by atoms with Gasteiger partial charge in [-0.15, -0.1) is 0 Å². The van der Waals surface area contributed by atoms with Gasteiger partial charge in [-0.25, -0.2) is 8.78 Å². The van der Waals surface area contributed by atoms with Gasteiger partial charge in [0.1, 0.15) is 6.61 Å². The fourth-order valence-corrected chi connectivity index (χ4v) is 1.64. The monoisotopic (exact) mass is 263 g/mol. The lowest BCUT2D eigenvalue weighted by molar-refractivity contribution is 0.0187. The topological polar surface area (TPSA) is 21.3 Å². The van der Waals surface area contributed by atoms with Crippen LogP contribution in [0.25, 0.3) is 0 Å². The van der Waals surface area contributed by atoms with Gasteiger partial charge in [0.05, 0.1) is 6.61 Å². The molecule has 1 N–H and O–H groups in total. The molecule has 2 nitrogen and oxygen atoms in total. The Labute approximate surface area is 105 Å². The summed E-state index contributed by atoms with van der Waals surface area (Å²) in [5, 5.41) is 3.80. The van der Waals surface area contributed by atoms with Crippen LogP contribution in [0.3, 0.4) is 0 Å². The van der Waals surface area contributed by atoms with Crippen LogP contribution in [0, 0.1) is 6.92 Å². The van der Waals surface area contributed by atoms with Gasteiger partial charge in [0.15, 0.2) is 0 Å². The zero-order chi connectivity index (χ0) is 12.7.